The molecule has 0 unspecified atom stereocenters. The smallest absolute Gasteiger partial charge is 0.460 e. The summed E-state index contributed by atoms with van der Waals surface area (Å²) in [7, 11) is 1.63. The molecule has 0 atom stereocenters. The van der Waals surface area contributed by atoms with Crippen LogP contribution in [0.15, 0.2) is 0 Å². The summed E-state index contributed by atoms with van der Waals surface area (Å²) in [5.74, 6) is -25.9. The van der Waals surface area contributed by atoms with Crippen LogP contribution in [0.5, 0.6) is 0 Å². The summed E-state index contributed by atoms with van der Waals surface area (Å²) in [5.41, 5.74) is 0. The van der Waals surface area contributed by atoms with Crippen molar-refractivity contribution in [2.45, 2.75) is 36.8 Å². The van der Waals surface area contributed by atoms with Gasteiger partial charge >= 0.3 is 41.9 Å². The lowest BCUT2D eigenvalue weighted by Crippen LogP contribution is -2.61. The second kappa shape index (κ2) is 8.86. The molecule has 0 amide bonds. The third-order valence-electron chi connectivity index (χ3n) is 3.23. The van der Waals surface area contributed by atoms with Gasteiger partial charge in [0.2, 0.25) is 0 Å². The number of ether oxygens (including phenoxy) is 3. The molecule has 0 aromatic carbocycles. The molecule has 0 heterocycles. The second-order valence-electron chi connectivity index (χ2n) is 5.12. The Kier molecular flexibility index (Phi) is 8.15. The van der Waals surface area contributed by atoms with Gasteiger partial charge in [0.25, 0.3) is 0 Å². The van der Waals surface area contributed by atoms with Crippen molar-refractivity contribution in [3.63, 3.8) is 0 Å². The largest absolute Gasteiger partial charge is 0.468 e. The Hall–Kier alpha value is -2.22. The zero-order valence-corrected chi connectivity index (χ0v) is 14.0. The van der Waals surface area contributed by atoms with Crippen molar-refractivity contribution in [3.05, 3.63) is 0 Å². The fraction of sp³-hybridized carbons (Fsp3) is 0.769. The lowest BCUT2D eigenvalue weighted by Gasteiger charge is -2.33. The van der Waals surface area contributed by atoms with E-state index in [1.165, 1.54) is 0 Å². The highest BCUT2D eigenvalue weighted by molar-refractivity contribution is 5.97. The fourth-order valence-electron chi connectivity index (χ4n) is 1.63. The summed E-state index contributed by atoms with van der Waals surface area (Å²) < 4.78 is 126. The van der Waals surface area contributed by atoms with Crippen LogP contribution in [-0.4, -0.2) is 62.7 Å². The highest BCUT2D eigenvalue weighted by Gasteiger charge is 2.81. The number of methoxy groups -OCH3 is 2. The summed E-state index contributed by atoms with van der Waals surface area (Å²) in [6.45, 7) is -1.72. The Bertz CT molecular complexity index is 572. The number of rotatable bonds is 9. The molecule has 0 spiro atoms. The average molecular weight is 436 g/mol. The van der Waals surface area contributed by atoms with Gasteiger partial charge in [0, 0.05) is 0 Å². The first-order valence-electron chi connectivity index (χ1n) is 6.97. The Morgan fingerprint density at radius 3 is 1.57 bits per heavy atom. The molecule has 0 saturated carbocycles. The van der Waals surface area contributed by atoms with Crippen LogP contribution in [0.3, 0.4) is 0 Å². The molecule has 0 bridgehead atoms. The Morgan fingerprint density at radius 1 is 0.786 bits per heavy atom. The normalized spacial score (nSPS) is 13.3. The van der Waals surface area contributed by atoms with Crippen LogP contribution in [0.4, 0.5) is 39.5 Å². The van der Waals surface area contributed by atoms with E-state index in [9.17, 15) is 53.9 Å². The number of halogens is 9. The van der Waals surface area contributed by atoms with Gasteiger partial charge in [-0.2, -0.15) is 39.5 Å². The van der Waals surface area contributed by atoms with E-state index in [2.05, 4.69) is 14.2 Å². The maximum absolute atomic E-state index is 13.2. The maximum atomic E-state index is 13.2. The van der Waals surface area contributed by atoms with Crippen LogP contribution in [0.1, 0.15) is 12.8 Å². The molecular weight excluding hydrogens is 423 g/mol. The molecule has 28 heavy (non-hydrogen) atoms. The van der Waals surface area contributed by atoms with Gasteiger partial charge < -0.3 is 14.2 Å². The van der Waals surface area contributed by atoms with Gasteiger partial charge in [-0.05, 0) is 0 Å². The average Bonchev–Trinajstić information content (AvgIpc) is 2.56. The molecule has 0 N–H and O–H groups in total. The summed E-state index contributed by atoms with van der Waals surface area (Å²) >= 11 is 0. The molecule has 0 saturated heterocycles. The maximum Gasteiger partial charge on any atom is 0.460 e. The number of carbonyl (C=O) groups excluding carboxylic acids is 3. The lowest BCUT2D eigenvalue weighted by atomic mass is 10.0. The van der Waals surface area contributed by atoms with E-state index in [0.29, 0.717) is 0 Å². The summed E-state index contributed by atoms with van der Waals surface area (Å²) in [5, 5.41) is 0. The first-order valence-corrected chi connectivity index (χ1v) is 6.97. The minimum atomic E-state index is -7.06. The molecule has 0 radical (unpaired) electrons. The predicted molar refractivity (Wildman–Crippen MR) is 68.6 cm³/mol. The van der Waals surface area contributed by atoms with E-state index in [4.69, 9.17) is 0 Å². The minimum Gasteiger partial charge on any atom is -0.468 e. The van der Waals surface area contributed by atoms with Crippen molar-refractivity contribution in [3.8, 4) is 0 Å². The Morgan fingerprint density at radius 2 is 1.21 bits per heavy atom. The van der Waals surface area contributed by atoms with Gasteiger partial charge in [0.1, 0.15) is 0 Å². The molecule has 0 aliphatic rings. The van der Waals surface area contributed by atoms with E-state index in [-0.39, 0.29) is 0 Å². The third-order valence-corrected chi connectivity index (χ3v) is 3.23. The molecule has 0 fully saturated rings. The third kappa shape index (κ3) is 5.41. The van der Waals surface area contributed by atoms with Gasteiger partial charge in [0.15, 0.2) is 5.92 Å². The number of esters is 3. The van der Waals surface area contributed by atoms with Crippen molar-refractivity contribution in [2.24, 2.45) is 5.92 Å². The number of carbonyl (C=O) groups is 3. The SMILES string of the molecule is COC(=O)C(CC(=O)OCCC(F)(F)C(F)(F)C(F)(F)C(F)(F)F)C(=O)OC. The molecule has 0 rings (SSSR count). The van der Waals surface area contributed by atoms with Gasteiger partial charge in [-0.15, -0.1) is 0 Å². The van der Waals surface area contributed by atoms with Crippen LogP contribution >= 0.6 is 0 Å². The number of hydrogen-bond acceptors (Lipinski definition) is 6. The number of hydrogen-bond donors (Lipinski definition) is 0. The topological polar surface area (TPSA) is 78.9 Å². The molecule has 6 nitrogen and oxygen atoms in total. The van der Waals surface area contributed by atoms with Crippen LogP contribution in [0.2, 0.25) is 0 Å². The van der Waals surface area contributed by atoms with Crippen molar-refractivity contribution in [1.29, 1.82) is 0 Å². The highest BCUT2D eigenvalue weighted by Crippen LogP contribution is 2.53. The molecule has 0 aliphatic heterocycles. The van der Waals surface area contributed by atoms with Crippen molar-refractivity contribution in [1.82, 2.24) is 0 Å². The fourth-order valence-corrected chi connectivity index (χ4v) is 1.63. The standard InChI is InChI=1S/C13H13F9O6/c1-26-8(24)6(9(25)27-2)5-7(23)28-4-3-10(14,15)11(16,17)12(18,19)13(20,21)22/h6H,3-5H2,1-2H3. The zero-order valence-electron chi connectivity index (χ0n) is 14.0. The minimum absolute atomic E-state index is 0.813. The Labute approximate surface area is 150 Å². The van der Waals surface area contributed by atoms with E-state index in [1.54, 1.807) is 0 Å². The van der Waals surface area contributed by atoms with Crippen LogP contribution in [0.25, 0.3) is 0 Å². The highest BCUT2D eigenvalue weighted by atomic mass is 19.4. The molecule has 0 aromatic heterocycles. The van der Waals surface area contributed by atoms with Gasteiger partial charge in [0.05, 0.1) is 33.7 Å². The van der Waals surface area contributed by atoms with Gasteiger partial charge in [-0.25, -0.2) is 0 Å². The second-order valence-corrected chi connectivity index (χ2v) is 5.12. The number of alkyl halides is 9. The van der Waals surface area contributed by atoms with Crippen LogP contribution in [-0.2, 0) is 28.6 Å². The zero-order chi connectivity index (χ0) is 22.6. The Balaban J connectivity index is 5.03. The van der Waals surface area contributed by atoms with E-state index in [0.717, 1.165) is 14.2 Å². The lowest BCUT2D eigenvalue weighted by molar-refractivity contribution is -0.397. The van der Waals surface area contributed by atoms with Crippen molar-refractivity contribution < 1.29 is 68.1 Å². The van der Waals surface area contributed by atoms with Crippen LogP contribution in [0, 0.1) is 5.92 Å². The predicted octanol–water partition coefficient (Wildman–Crippen LogP) is 2.74. The molecular formula is C13H13F9O6. The summed E-state index contributed by atoms with van der Waals surface area (Å²) in [6, 6.07) is 0. The van der Waals surface area contributed by atoms with E-state index < -0.39 is 67.2 Å². The summed E-state index contributed by atoms with van der Waals surface area (Å²) in [6.07, 6.45) is -10.5. The van der Waals surface area contributed by atoms with Gasteiger partial charge in [-0.1, -0.05) is 0 Å². The molecule has 0 aliphatic carbocycles. The van der Waals surface area contributed by atoms with Crippen molar-refractivity contribution >= 4 is 17.9 Å². The first kappa shape index (κ1) is 25.8. The van der Waals surface area contributed by atoms with Crippen molar-refractivity contribution in [2.75, 3.05) is 20.8 Å². The molecule has 15 heteroatoms. The van der Waals surface area contributed by atoms with E-state index in [1.807, 2.05) is 0 Å². The monoisotopic (exact) mass is 436 g/mol. The first-order chi connectivity index (χ1) is 12.5. The van der Waals surface area contributed by atoms with Gasteiger partial charge in [-0.3, -0.25) is 14.4 Å². The summed E-state index contributed by atoms with van der Waals surface area (Å²) in [4.78, 5) is 33.9. The molecule has 0 aromatic rings. The quantitative estimate of drug-likeness (QED) is 0.240. The van der Waals surface area contributed by atoms with Crippen LogP contribution < -0.4 is 0 Å². The van der Waals surface area contributed by atoms with E-state index >= 15 is 0 Å². The molecule has 164 valence electrons.